The maximum Gasteiger partial charge on any atom is 0.349 e. The minimum absolute atomic E-state index is 0.211. The first kappa shape index (κ1) is 20.4. The SMILES string of the molecule is CC(=O)Nc1ccc(C(=O)COC(=O)c2sccc2-c2ccc(C)cc2)c(F)c1. The first-order valence-electron chi connectivity index (χ1n) is 8.77. The molecule has 0 fully saturated rings. The molecule has 7 heteroatoms. The van der Waals surface area contributed by atoms with Crippen LogP contribution in [0.1, 0.15) is 32.5 Å². The Morgan fingerprint density at radius 3 is 2.45 bits per heavy atom. The molecule has 1 amide bonds. The topological polar surface area (TPSA) is 72.5 Å². The van der Waals surface area contributed by atoms with Crippen molar-refractivity contribution in [2.75, 3.05) is 11.9 Å². The molecule has 0 saturated heterocycles. The number of aryl methyl sites for hydroxylation is 1. The monoisotopic (exact) mass is 411 g/mol. The predicted molar refractivity (Wildman–Crippen MR) is 110 cm³/mol. The Kier molecular flexibility index (Phi) is 6.19. The molecule has 5 nitrogen and oxygen atoms in total. The molecule has 0 aliphatic carbocycles. The number of rotatable bonds is 6. The maximum atomic E-state index is 14.2. The fourth-order valence-electron chi connectivity index (χ4n) is 2.72. The number of Topliss-reactive ketones (excluding diaryl/α,β-unsaturated/α-hetero) is 1. The average molecular weight is 411 g/mol. The van der Waals surface area contributed by atoms with Gasteiger partial charge >= 0.3 is 5.97 Å². The summed E-state index contributed by atoms with van der Waals surface area (Å²) < 4.78 is 19.3. The van der Waals surface area contributed by atoms with Crippen LogP contribution in [0.5, 0.6) is 0 Å². The highest BCUT2D eigenvalue weighted by Gasteiger charge is 2.19. The van der Waals surface area contributed by atoms with Gasteiger partial charge in [0.05, 0.1) is 5.56 Å². The number of hydrogen-bond donors (Lipinski definition) is 1. The van der Waals surface area contributed by atoms with Gasteiger partial charge in [0, 0.05) is 18.2 Å². The number of ether oxygens (including phenoxy) is 1. The van der Waals surface area contributed by atoms with Crippen molar-refractivity contribution >= 4 is 34.7 Å². The molecule has 1 aromatic heterocycles. The van der Waals surface area contributed by atoms with Crippen molar-refractivity contribution in [1.29, 1.82) is 0 Å². The number of amides is 1. The molecule has 148 valence electrons. The lowest BCUT2D eigenvalue weighted by Gasteiger charge is -2.08. The van der Waals surface area contributed by atoms with Gasteiger partial charge in [-0.15, -0.1) is 11.3 Å². The summed E-state index contributed by atoms with van der Waals surface area (Å²) in [6, 6.07) is 13.2. The third-order valence-corrected chi connectivity index (χ3v) is 5.03. The van der Waals surface area contributed by atoms with Gasteiger partial charge in [0.1, 0.15) is 10.7 Å². The number of ketones is 1. The van der Waals surface area contributed by atoms with Crippen LogP contribution in [0.25, 0.3) is 11.1 Å². The predicted octanol–water partition coefficient (Wildman–Crippen LogP) is 4.86. The standard InChI is InChI=1S/C22H18FNO4S/c1-13-3-5-15(6-4-13)17-9-10-29-21(17)22(27)28-12-20(26)18-8-7-16(11-19(18)23)24-14(2)25/h3-11H,12H2,1-2H3,(H,24,25). The quantitative estimate of drug-likeness (QED) is 0.464. The molecule has 0 aliphatic rings. The van der Waals surface area contributed by atoms with Gasteiger partial charge < -0.3 is 10.1 Å². The van der Waals surface area contributed by atoms with E-state index in [-0.39, 0.29) is 17.2 Å². The Hall–Kier alpha value is -3.32. The van der Waals surface area contributed by atoms with Crippen LogP contribution in [0, 0.1) is 12.7 Å². The molecule has 0 unspecified atom stereocenters. The molecular formula is C22H18FNO4S. The minimum Gasteiger partial charge on any atom is -0.453 e. The molecule has 3 aromatic rings. The fourth-order valence-corrected chi connectivity index (χ4v) is 3.53. The molecule has 29 heavy (non-hydrogen) atoms. The van der Waals surface area contributed by atoms with Crippen LogP contribution in [-0.4, -0.2) is 24.3 Å². The van der Waals surface area contributed by atoms with Crippen LogP contribution < -0.4 is 5.32 Å². The summed E-state index contributed by atoms with van der Waals surface area (Å²) in [5, 5.41) is 4.20. The van der Waals surface area contributed by atoms with E-state index in [0.717, 1.165) is 22.8 Å². The van der Waals surface area contributed by atoms with E-state index in [2.05, 4.69) is 5.32 Å². The molecule has 2 aromatic carbocycles. The minimum atomic E-state index is -0.797. The summed E-state index contributed by atoms with van der Waals surface area (Å²) in [6.07, 6.45) is 0. The first-order chi connectivity index (χ1) is 13.8. The summed E-state index contributed by atoms with van der Waals surface area (Å²) in [4.78, 5) is 36.1. The second kappa shape index (κ2) is 8.79. The first-order valence-corrected chi connectivity index (χ1v) is 9.65. The molecule has 1 heterocycles. The molecule has 0 radical (unpaired) electrons. The molecule has 1 N–H and O–H groups in total. The van der Waals surface area contributed by atoms with Crippen molar-refractivity contribution in [3.05, 3.63) is 75.7 Å². The normalized spacial score (nSPS) is 10.4. The van der Waals surface area contributed by atoms with E-state index in [1.165, 1.54) is 30.4 Å². The molecule has 0 saturated carbocycles. The van der Waals surface area contributed by atoms with Gasteiger partial charge in [0.25, 0.3) is 0 Å². The second-order valence-electron chi connectivity index (χ2n) is 6.40. The number of benzene rings is 2. The number of carbonyl (C=O) groups excluding carboxylic acids is 3. The van der Waals surface area contributed by atoms with E-state index < -0.39 is 24.2 Å². The number of esters is 1. The van der Waals surface area contributed by atoms with Gasteiger partial charge in [-0.25, -0.2) is 9.18 Å². The Balaban J connectivity index is 1.69. The summed E-state index contributed by atoms with van der Waals surface area (Å²) in [5.74, 6) is -2.45. The van der Waals surface area contributed by atoms with E-state index in [4.69, 9.17) is 4.74 Å². The fraction of sp³-hybridized carbons (Fsp3) is 0.136. The van der Waals surface area contributed by atoms with Gasteiger partial charge in [0.15, 0.2) is 6.61 Å². The Labute approximate surface area is 171 Å². The zero-order valence-electron chi connectivity index (χ0n) is 15.8. The lowest BCUT2D eigenvalue weighted by atomic mass is 10.1. The van der Waals surface area contributed by atoms with E-state index >= 15 is 0 Å². The number of nitrogens with one attached hydrogen (secondary N) is 1. The highest BCUT2D eigenvalue weighted by atomic mass is 32.1. The number of anilines is 1. The van der Waals surface area contributed by atoms with Crippen LogP contribution in [0.2, 0.25) is 0 Å². The second-order valence-corrected chi connectivity index (χ2v) is 7.32. The molecule has 0 spiro atoms. The van der Waals surface area contributed by atoms with E-state index in [1.54, 1.807) is 5.38 Å². The van der Waals surface area contributed by atoms with Crippen molar-refractivity contribution in [3.63, 3.8) is 0 Å². The van der Waals surface area contributed by atoms with Crippen molar-refractivity contribution in [3.8, 4) is 11.1 Å². The largest absolute Gasteiger partial charge is 0.453 e. The van der Waals surface area contributed by atoms with E-state index in [9.17, 15) is 18.8 Å². The summed E-state index contributed by atoms with van der Waals surface area (Å²) in [5.41, 5.74) is 2.72. The van der Waals surface area contributed by atoms with Gasteiger partial charge in [0.2, 0.25) is 11.7 Å². The average Bonchev–Trinajstić information content (AvgIpc) is 3.16. The van der Waals surface area contributed by atoms with Gasteiger partial charge in [-0.1, -0.05) is 29.8 Å². The number of carbonyl (C=O) groups is 3. The van der Waals surface area contributed by atoms with Crippen molar-refractivity contribution < 1.29 is 23.5 Å². The zero-order valence-corrected chi connectivity index (χ0v) is 16.6. The lowest BCUT2D eigenvalue weighted by Crippen LogP contribution is -2.15. The summed E-state index contributed by atoms with van der Waals surface area (Å²) in [7, 11) is 0. The summed E-state index contributed by atoms with van der Waals surface area (Å²) in [6.45, 7) is 2.69. The highest BCUT2D eigenvalue weighted by molar-refractivity contribution is 7.12. The third-order valence-electron chi connectivity index (χ3n) is 4.14. The Morgan fingerprint density at radius 1 is 1.07 bits per heavy atom. The van der Waals surface area contributed by atoms with Gasteiger partial charge in [-0.05, 0) is 42.1 Å². The van der Waals surface area contributed by atoms with Crippen LogP contribution in [0.15, 0.2) is 53.9 Å². The van der Waals surface area contributed by atoms with Crippen molar-refractivity contribution in [2.45, 2.75) is 13.8 Å². The number of hydrogen-bond acceptors (Lipinski definition) is 5. The highest BCUT2D eigenvalue weighted by Crippen LogP contribution is 2.29. The summed E-state index contributed by atoms with van der Waals surface area (Å²) >= 11 is 1.21. The van der Waals surface area contributed by atoms with E-state index in [1.807, 2.05) is 37.3 Å². The Morgan fingerprint density at radius 2 is 1.79 bits per heavy atom. The lowest BCUT2D eigenvalue weighted by molar-refractivity contribution is -0.114. The molecule has 0 aliphatic heterocycles. The van der Waals surface area contributed by atoms with Crippen LogP contribution in [0.4, 0.5) is 10.1 Å². The molecular weight excluding hydrogens is 393 g/mol. The van der Waals surface area contributed by atoms with Crippen molar-refractivity contribution in [1.82, 2.24) is 0 Å². The van der Waals surface area contributed by atoms with Crippen molar-refractivity contribution in [2.24, 2.45) is 0 Å². The number of halogens is 1. The van der Waals surface area contributed by atoms with Crippen LogP contribution in [-0.2, 0) is 9.53 Å². The third kappa shape index (κ3) is 4.94. The Bertz CT molecular complexity index is 1070. The van der Waals surface area contributed by atoms with Gasteiger partial charge in [-0.3, -0.25) is 9.59 Å². The maximum absolute atomic E-state index is 14.2. The smallest absolute Gasteiger partial charge is 0.349 e. The zero-order chi connectivity index (χ0) is 21.0. The van der Waals surface area contributed by atoms with Crippen LogP contribution in [0.3, 0.4) is 0 Å². The molecule has 3 rings (SSSR count). The van der Waals surface area contributed by atoms with Gasteiger partial charge in [-0.2, -0.15) is 0 Å². The van der Waals surface area contributed by atoms with E-state index in [0.29, 0.717) is 4.88 Å². The number of thiophene rings is 1. The molecule has 0 atom stereocenters. The molecule has 0 bridgehead atoms. The van der Waals surface area contributed by atoms with Crippen LogP contribution >= 0.6 is 11.3 Å².